The standard InChI is InChI=1S/C18H19NO3/c1-5-17(20)16(18(21)22)9-15(11(2)3)13-7-6-12(4)14(8-13)10-19/h5-9,20H,1-4H3,(H,21,22)/b16-9+,17-5+. The summed E-state index contributed by atoms with van der Waals surface area (Å²) in [6, 6.07) is 7.50. The SMILES string of the molecule is C/C=C(O)\C(=C/C(=C(C)C)c1ccc(C)c(C#N)c1)C(=O)O. The van der Waals surface area contributed by atoms with E-state index in [9.17, 15) is 15.0 Å². The Kier molecular flexibility index (Phi) is 5.71. The molecular weight excluding hydrogens is 278 g/mol. The first-order chi connectivity index (χ1) is 10.3. The van der Waals surface area contributed by atoms with E-state index in [1.54, 1.807) is 13.0 Å². The summed E-state index contributed by atoms with van der Waals surface area (Å²) in [6.45, 7) is 7.11. The lowest BCUT2D eigenvalue weighted by Crippen LogP contribution is -2.04. The third-order valence-corrected chi connectivity index (χ3v) is 3.28. The normalized spacial score (nSPS) is 11.8. The van der Waals surface area contributed by atoms with Crippen LogP contribution in [0, 0.1) is 18.3 Å². The Morgan fingerprint density at radius 3 is 2.36 bits per heavy atom. The van der Waals surface area contributed by atoms with Gasteiger partial charge in [-0.15, -0.1) is 0 Å². The number of aliphatic hydroxyl groups is 1. The number of allylic oxidation sites excluding steroid dienone is 4. The summed E-state index contributed by atoms with van der Waals surface area (Å²) >= 11 is 0. The fourth-order valence-corrected chi connectivity index (χ4v) is 1.97. The largest absolute Gasteiger partial charge is 0.507 e. The van der Waals surface area contributed by atoms with Crippen LogP contribution in [0.1, 0.15) is 37.5 Å². The van der Waals surface area contributed by atoms with Gasteiger partial charge < -0.3 is 10.2 Å². The van der Waals surface area contributed by atoms with Crippen molar-refractivity contribution in [3.63, 3.8) is 0 Å². The van der Waals surface area contributed by atoms with Crippen LogP contribution in [0.2, 0.25) is 0 Å². The molecule has 0 heterocycles. The number of carboxylic acids is 1. The van der Waals surface area contributed by atoms with Crippen molar-refractivity contribution in [3.05, 3.63) is 63.9 Å². The van der Waals surface area contributed by atoms with Gasteiger partial charge in [0.2, 0.25) is 0 Å². The van der Waals surface area contributed by atoms with Crippen LogP contribution in [0.5, 0.6) is 0 Å². The first-order valence-electron chi connectivity index (χ1n) is 6.81. The lowest BCUT2D eigenvalue weighted by Gasteiger charge is -2.10. The number of nitriles is 1. The summed E-state index contributed by atoms with van der Waals surface area (Å²) in [5, 5.41) is 28.1. The minimum Gasteiger partial charge on any atom is -0.507 e. The van der Waals surface area contributed by atoms with E-state index in [4.69, 9.17) is 5.26 Å². The summed E-state index contributed by atoms with van der Waals surface area (Å²) in [5.41, 5.74) is 3.51. The number of aliphatic hydroxyl groups excluding tert-OH is 1. The van der Waals surface area contributed by atoms with Gasteiger partial charge in [0.15, 0.2) is 0 Å². The van der Waals surface area contributed by atoms with Crippen molar-refractivity contribution in [1.82, 2.24) is 0 Å². The van der Waals surface area contributed by atoms with E-state index in [0.29, 0.717) is 11.1 Å². The van der Waals surface area contributed by atoms with E-state index in [1.807, 2.05) is 32.9 Å². The highest BCUT2D eigenvalue weighted by Crippen LogP contribution is 2.25. The van der Waals surface area contributed by atoms with Crippen LogP contribution in [-0.4, -0.2) is 16.2 Å². The molecule has 4 nitrogen and oxygen atoms in total. The molecule has 0 aliphatic heterocycles. The van der Waals surface area contributed by atoms with Crippen molar-refractivity contribution < 1.29 is 15.0 Å². The smallest absolute Gasteiger partial charge is 0.339 e. The number of aliphatic carboxylic acids is 1. The van der Waals surface area contributed by atoms with Gasteiger partial charge in [-0.2, -0.15) is 5.26 Å². The zero-order valence-electron chi connectivity index (χ0n) is 13.1. The van der Waals surface area contributed by atoms with E-state index >= 15 is 0 Å². The lowest BCUT2D eigenvalue weighted by atomic mass is 9.95. The van der Waals surface area contributed by atoms with Gasteiger partial charge in [-0.1, -0.05) is 17.7 Å². The number of nitrogens with zero attached hydrogens (tertiary/aromatic N) is 1. The van der Waals surface area contributed by atoms with Gasteiger partial charge in [-0.25, -0.2) is 4.79 Å². The summed E-state index contributed by atoms with van der Waals surface area (Å²) in [6.07, 6.45) is 2.76. The molecule has 4 heteroatoms. The van der Waals surface area contributed by atoms with Gasteiger partial charge in [0, 0.05) is 0 Å². The minimum absolute atomic E-state index is 0.183. The number of carboxylic acid groups (broad SMARTS) is 1. The lowest BCUT2D eigenvalue weighted by molar-refractivity contribution is -0.132. The molecule has 1 rings (SSSR count). The van der Waals surface area contributed by atoms with Gasteiger partial charge in [0.1, 0.15) is 11.3 Å². The maximum absolute atomic E-state index is 11.3. The Morgan fingerprint density at radius 2 is 1.91 bits per heavy atom. The summed E-state index contributed by atoms with van der Waals surface area (Å²) in [5.74, 6) is -1.50. The maximum atomic E-state index is 11.3. The van der Waals surface area contributed by atoms with Crippen molar-refractivity contribution in [2.24, 2.45) is 0 Å². The van der Waals surface area contributed by atoms with Crippen LogP contribution in [0.15, 0.2) is 47.3 Å². The zero-order chi connectivity index (χ0) is 16.9. The molecule has 0 aromatic heterocycles. The Bertz CT molecular complexity index is 727. The molecule has 0 saturated carbocycles. The molecule has 0 fully saturated rings. The van der Waals surface area contributed by atoms with E-state index in [2.05, 4.69) is 6.07 Å². The second kappa shape index (κ2) is 7.28. The second-order valence-electron chi connectivity index (χ2n) is 5.09. The second-order valence-corrected chi connectivity index (χ2v) is 5.09. The molecule has 0 amide bonds. The average Bonchev–Trinajstić information content (AvgIpc) is 2.47. The number of benzene rings is 1. The number of carbonyl (C=O) groups is 1. The molecule has 0 radical (unpaired) electrons. The molecule has 1 aromatic carbocycles. The molecule has 0 saturated heterocycles. The number of hydrogen-bond donors (Lipinski definition) is 2. The molecule has 0 aliphatic rings. The third kappa shape index (κ3) is 3.86. The van der Waals surface area contributed by atoms with E-state index in [0.717, 1.165) is 16.7 Å². The van der Waals surface area contributed by atoms with E-state index in [-0.39, 0.29) is 11.3 Å². The summed E-state index contributed by atoms with van der Waals surface area (Å²) < 4.78 is 0. The van der Waals surface area contributed by atoms with Gasteiger partial charge in [0.25, 0.3) is 0 Å². The van der Waals surface area contributed by atoms with Crippen LogP contribution >= 0.6 is 0 Å². The van der Waals surface area contributed by atoms with Crippen LogP contribution in [0.4, 0.5) is 0 Å². The molecule has 0 spiro atoms. The van der Waals surface area contributed by atoms with Crippen molar-refractivity contribution in [3.8, 4) is 6.07 Å². The zero-order valence-corrected chi connectivity index (χ0v) is 13.1. The minimum atomic E-state index is -1.21. The first kappa shape index (κ1) is 17.3. The monoisotopic (exact) mass is 297 g/mol. The van der Waals surface area contributed by atoms with Crippen molar-refractivity contribution >= 4 is 11.5 Å². The van der Waals surface area contributed by atoms with Crippen LogP contribution in [0.25, 0.3) is 5.57 Å². The van der Waals surface area contributed by atoms with Gasteiger partial charge in [-0.05, 0) is 62.6 Å². The van der Waals surface area contributed by atoms with Crippen molar-refractivity contribution in [2.75, 3.05) is 0 Å². The maximum Gasteiger partial charge on any atom is 0.339 e. The summed E-state index contributed by atoms with van der Waals surface area (Å²) in [4.78, 5) is 11.3. The molecule has 2 N–H and O–H groups in total. The van der Waals surface area contributed by atoms with E-state index in [1.165, 1.54) is 12.2 Å². The van der Waals surface area contributed by atoms with Crippen LogP contribution in [-0.2, 0) is 4.79 Å². The van der Waals surface area contributed by atoms with Crippen molar-refractivity contribution in [1.29, 1.82) is 5.26 Å². The summed E-state index contributed by atoms with van der Waals surface area (Å²) in [7, 11) is 0. The molecule has 0 unspecified atom stereocenters. The first-order valence-corrected chi connectivity index (χ1v) is 6.81. The third-order valence-electron chi connectivity index (χ3n) is 3.28. The van der Waals surface area contributed by atoms with Crippen LogP contribution in [0.3, 0.4) is 0 Å². The Balaban J connectivity index is 3.54. The number of rotatable bonds is 4. The quantitative estimate of drug-likeness (QED) is 0.497. The molecule has 0 aliphatic carbocycles. The predicted octanol–water partition coefficient (Wildman–Crippen LogP) is 4.13. The van der Waals surface area contributed by atoms with Gasteiger partial charge >= 0.3 is 5.97 Å². The highest BCUT2D eigenvalue weighted by atomic mass is 16.4. The highest BCUT2D eigenvalue weighted by Gasteiger charge is 2.14. The number of hydrogen-bond acceptors (Lipinski definition) is 3. The highest BCUT2D eigenvalue weighted by molar-refractivity contribution is 5.95. The van der Waals surface area contributed by atoms with Gasteiger partial charge in [0.05, 0.1) is 11.6 Å². The molecular formula is C18H19NO3. The van der Waals surface area contributed by atoms with Gasteiger partial charge in [-0.3, -0.25) is 0 Å². The number of aryl methyl sites for hydroxylation is 1. The molecule has 114 valence electrons. The van der Waals surface area contributed by atoms with E-state index < -0.39 is 5.97 Å². The van der Waals surface area contributed by atoms with Crippen LogP contribution < -0.4 is 0 Å². The molecule has 0 atom stereocenters. The molecule has 22 heavy (non-hydrogen) atoms. The Morgan fingerprint density at radius 1 is 1.27 bits per heavy atom. The fraction of sp³-hybridized carbons (Fsp3) is 0.222. The average molecular weight is 297 g/mol. The van der Waals surface area contributed by atoms with Crippen molar-refractivity contribution in [2.45, 2.75) is 27.7 Å². The predicted molar refractivity (Wildman–Crippen MR) is 86.3 cm³/mol. The molecule has 1 aromatic rings. The Labute approximate surface area is 130 Å². The topological polar surface area (TPSA) is 81.3 Å². The Hall–Kier alpha value is -2.80. The molecule has 0 bridgehead atoms. The fourth-order valence-electron chi connectivity index (χ4n) is 1.97.